The lowest BCUT2D eigenvalue weighted by molar-refractivity contribution is 0.574. The first kappa shape index (κ1) is 14.0. The van der Waals surface area contributed by atoms with E-state index in [2.05, 4.69) is 17.0 Å². The van der Waals surface area contributed by atoms with Crippen LogP contribution in [0.2, 0.25) is 5.02 Å². The van der Waals surface area contributed by atoms with Gasteiger partial charge in [-0.1, -0.05) is 17.7 Å². The zero-order valence-electron chi connectivity index (χ0n) is 11.3. The molecule has 102 valence electrons. The van der Waals surface area contributed by atoms with Gasteiger partial charge in [-0.2, -0.15) is 5.10 Å². The molecule has 1 unspecified atom stereocenters. The standard InChI is InChI=1S/C14H19ClN4/c1-3-19-13(14(15)10(2)18-19)8-12(16)7-11-5-4-6-17-9-11/h4-6,9,12H,3,7-8,16H2,1-2H3. The van der Waals surface area contributed by atoms with Crippen LogP contribution in [0.3, 0.4) is 0 Å². The number of nitrogens with two attached hydrogens (primary N) is 1. The highest BCUT2D eigenvalue weighted by molar-refractivity contribution is 6.31. The van der Waals surface area contributed by atoms with Gasteiger partial charge in [0.2, 0.25) is 0 Å². The summed E-state index contributed by atoms with van der Waals surface area (Å²) in [5, 5.41) is 5.14. The van der Waals surface area contributed by atoms with Gasteiger partial charge in [0.15, 0.2) is 0 Å². The van der Waals surface area contributed by atoms with Crippen molar-refractivity contribution in [1.82, 2.24) is 14.8 Å². The van der Waals surface area contributed by atoms with E-state index in [0.29, 0.717) is 0 Å². The number of nitrogens with zero attached hydrogens (tertiary/aromatic N) is 3. The fraction of sp³-hybridized carbons (Fsp3) is 0.429. The Kier molecular flexibility index (Phi) is 4.56. The SMILES string of the molecule is CCn1nc(C)c(Cl)c1CC(N)Cc1cccnc1. The zero-order valence-corrected chi connectivity index (χ0v) is 12.1. The summed E-state index contributed by atoms with van der Waals surface area (Å²) in [4.78, 5) is 4.10. The zero-order chi connectivity index (χ0) is 13.8. The normalized spacial score (nSPS) is 12.6. The molecule has 19 heavy (non-hydrogen) atoms. The average molecular weight is 279 g/mol. The van der Waals surface area contributed by atoms with Crippen molar-refractivity contribution in [3.05, 3.63) is 46.5 Å². The van der Waals surface area contributed by atoms with Crippen molar-refractivity contribution in [3.8, 4) is 0 Å². The molecular weight excluding hydrogens is 260 g/mol. The molecule has 5 heteroatoms. The van der Waals surface area contributed by atoms with Gasteiger partial charge < -0.3 is 5.73 Å². The third-order valence-electron chi connectivity index (χ3n) is 3.13. The second-order valence-electron chi connectivity index (χ2n) is 4.69. The summed E-state index contributed by atoms with van der Waals surface area (Å²) in [5.41, 5.74) is 9.25. The van der Waals surface area contributed by atoms with Crippen LogP contribution in [0.4, 0.5) is 0 Å². The number of pyridine rings is 1. The van der Waals surface area contributed by atoms with Crippen LogP contribution < -0.4 is 5.73 Å². The molecule has 0 bridgehead atoms. The van der Waals surface area contributed by atoms with Gasteiger partial charge in [-0.25, -0.2) is 0 Å². The maximum Gasteiger partial charge on any atom is 0.0847 e. The Morgan fingerprint density at radius 1 is 1.42 bits per heavy atom. The predicted octanol–water partition coefficient (Wildman–Crippen LogP) is 2.37. The number of aryl methyl sites for hydroxylation is 2. The second-order valence-corrected chi connectivity index (χ2v) is 5.07. The second kappa shape index (κ2) is 6.17. The van der Waals surface area contributed by atoms with E-state index in [1.165, 1.54) is 0 Å². The van der Waals surface area contributed by atoms with Gasteiger partial charge in [-0.15, -0.1) is 0 Å². The van der Waals surface area contributed by atoms with Crippen molar-refractivity contribution in [3.63, 3.8) is 0 Å². The lowest BCUT2D eigenvalue weighted by atomic mass is 10.0. The van der Waals surface area contributed by atoms with Gasteiger partial charge in [0, 0.05) is 31.4 Å². The van der Waals surface area contributed by atoms with Crippen molar-refractivity contribution in [2.75, 3.05) is 0 Å². The van der Waals surface area contributed by atoms with Crippen LogP contribution in [-0.4, -0.2) is 20.8 Å². The number of hydrogen-bond donors (Lipinski definition) is 1. The molecule has 1 atom stereocenters. The first-order chi connectivity index (χ1) is 9.11. The summed E-state index contributed by atoms with van der Waals surface area (Å²) in [6.45, 7) is 4.78. The van der Waals surface area contributed by atoms with Crippen LogP contribution in [0.15, 0.2) is 24.5 Å². The van der Waals surface area contributed by atoms with Crippen molar-refractivity contribution < 1.29 is 0 Å². The van der Waals surface area contributed by atoms with E-state index in [4.69, 9.17) is 17.3 Å². The molecule has 2 aromatic heterocycles. The molecule has 0 amide bonds. The van der Waals surface area contributed by atoms with Crippen LogP contribution in [0.25, 0.3) is 0 Å². The highest BCUT2D eigenvalue weighted by Crippen LogP contribution is 2.21. The Hall–Kier alpha value is -1.39. The lowest BCUT2D eigenvalue weighted by Crippen LogP contribution is -2.27. The number of rotatable bonds is 5. The minimum absolute atomic E-state index is 0.0168. The fourth-order valence-electron chi connectivity index (χ4n) is 2.21. The highest BCUT2D eigenvalue weighted by Gasteiger charge is 2.16. The topological polar surface area (TPSA) is 56.7 Å². The third-order valence-corrected chi connectivity index (χ3v) is 3.62. The van der Waals surface area contributed by atoms with Crippen LogP contribution in [0.5, 0.6) is 0 Å². The van der Waals surface area contributed by atoms with E-state index in [1.807, 2.05) is 29.9 Å². The predicted molar refractivity (Wildman–Crippen MR) is 77.3 cm³/mol. The molecule has 0 saturated carbocycles. The fourth-order valence-corrected chi connectivity index (χ4v) is 2.42. The number of aromatic nitrogens is 3. The summed E-state index contributed by atoms with van der Waals surface area (Å²) in [6, 6.07) is 3.98. The Labute approximate surface area is 118 Å². The summed E-state index contributed by atoms with van der Waals surface area (Å²) in [7, 11) is 0. The summed E-state index contributed by atoms with van der Waals surface area (Å²) < 4.78 is 1.93. The molecule has 2 N–H and O–H groups in total. The van der Waals surface area contributed by atoms with Crippen molar-refractivity contribution in [1.29, 1.82) is 0 Å². The largest absolute Gasteiger partial charge is 0.327 e. The van der Waals surface area contributed by atoms with Gasteiger partial charge in [0.1, 0.15) is 0 Å². The highest BCUT2D eigenvalue weighted by atomic mass is 35.5. The smallest absolute Gasteiger partial charge is 0.0847 e. The molecule has 0 spiro atoms. The molecular formula is C14H19ClN4. The van der Waals surface area contributed by atoms with Gasteiger partial charge in [0.05, 0.1) is 16.4 Å². The van der Waals surface area contributed by atoms with Gasteiger partial charge in [0.25, 0.3) is 0 Å². The molecule has 0 radical (unpaired) electrons. The molecule has 0 aromatic carbocycles. The van der Waals surface area contributed by atoms with Crippen LogP contribution >= 0.6 is 11.6 Å². The molecule has 2 rings (SSSR count). The summed E-state index contributed by atoms with van der Waals surface area (Å²) in [6.07, 6.45) is 5.13. The van der Waals surface area contributed by atoms with Crippen LogP contribution in [0, 0.1) is 6.92 Å². The van der Waals surface area contributed by atoms with E-state index < -0.39 is 0 Å². The van der Waals surface area contributed by atoms with Crippen molar-refractivity contribution >= 4 is 11.6 Å². The number of hydrogen-bond acceptors (Lipinski definition) is 3. The first-order valence-electron chi connectivity index (χ1n) is 6.48. The Morgan fingerprint density at radius 2 is 2.21 bits per heavy atom. The van der Waals surface area contributed by atoms with E-state index >= 15 is 0 Å². The minimum Gasteiger partial charge on any atom is -0.327 e. The molecule has 0 aliphatic heterocycles. The monoisotopic (exact) mass is 278 g/mol. The van der Waals surface area contributed by atoms with Crippen molar-refractivity contribution in [2.45, 2.75) is 39.3 Å². The molecule has 0 aliphatic carbocycles. The number of halogens is 1. The van der Waals surface area contributed by atoms with E-state index in [1.54, 1.807) is 6.20 Å². The third kappa shape index (κ3) is 3.33. The Bertz CT molecular complexity index is 536. The van der Waals surface area contributed by atoms with E-state index in [9.17, 15) is 0 Å². The Balaban J connectivity index is 2.09. The van der Waals surface area contributed by atoms with Gasteiger partial charge in [-0.05, 0) is 31.9 Å². The molecule has 0 saturated heterocycles. The maximum atomic E-state index is 6.29. The molecule has 4 nitrogen and oxygen atoms in total. The average Bonchev–Trinajstić information content (AvgIpc) is 2.67. The van der Waals surface area contributed by atoms with E-state index in [-0.39, 0.29) is 6.04 Å². The van der Waals surface area contributed by atoms with E-state index in [0.717, 1.165) is 41.4 Å². The molecule has 2 aromatic rings. The Morgan fingerprint density at radius 3 is 2.84 bits per heavy atom. The van der Waals surface area contributed by atoms with Crippen LogP contribution in [0.1, 0.15) is 23.9 Å². The molecule has 0 aliphatic rings. The summed E-state index contributed by atoms with van der Waals surface area (Å²) in [5.74, 6) is 0. The maximum absolute atomic E-state index is 6.29. The molecule has 0 fully saturated rings. The quantitative estimate of drug-likeness (QED) is 0.913. The summed E-state index contributed by atoms with van der Waals surface area (Å²) >= 11 is 6.29. The molecule has 2 heterocycles. The van der Waals surface area contributed by atoms with Crippen molar-refractivity contribution in [2.24, 2.45) is 5.73 Å². The minimum atomic E-state index is 0.0168. The van der Waals surface area contributed by atoms with Crippen LogP contribution in [-0.2, 0) is 19.4 Å². The first-order valence-corrected chi connectivity index (χ1v) is 6.85. The van der Waals surface area contributed by atoms with Gasteiger partial charge in [-0.3, -0.25) is 9.67 Å². The lowest BCUT2D eigenvalue weighted by Gasteiger charge is -2.13. The van der Waals surface area contributed by atoms with Gasteiger partial charge >= 0.3 is 0 Å².